The highest BCUT2D eigenvalue weighted by Crippen LogP contribution is 2.42. The number of methoxy groups -OCH3 is 1. The lowest BCUT2D eigenvalue weighted by molar-refractivity contribution is -0.155. The van der Waals surface area contributed by atoms with Crippen molar-refractivity contribution in [3.05, 3.63) is 71.5 Å². The first-order valence-corrected chi connectivity index (χ1v) is 24.2. The summed E-state index contributed by atoms with van der Waals surface area (Å²) in [6, 6.07) is 12.3. The third-order valence-electron chi connectivity index (χ3n) is 14.2. The Kier molecular flexibility index (Phi) is 14.5. The summed E-state index contributed by atoms with van der Waals surface area (Å²) in [5.74, 6) is -2.53. The van der Waals surface area contributed by atoms with E-state index in [1.807, 2.05) is 39.0 Å². The summed E-state index contributed by atoms with van der Waals surface area (Å²) >= 11 is 0. The molecule has 370 valence electrons. The number of hydrogen-bond acceptors (Lipinski definition) is 12. The largest absolute Gasteiger partial charge is 0.508 e. The summed E-state index contributed by atoms with van der Waals surface area (Å²) in [7, 11) is 4.79. The van der Waals surface area contributed by atoms with Gasteiger partial charge < -0.3 is 39.0 Å². The number of benzene rings is 2. The number of hydrogen-bond donors (Lipinski definition) is 3. The lowest BCUT2D eigenvalue weighted by atomic mass is 9.84. The first kappa shape index (κ1) is 49.5. The number of fused-ring (bicyclic) bond motifs is 6. The highest BCUT2D eigenvalue weighted by molar-refractivity contribution is 5.96. The Labute approximate surface area is 404 Å². The molecule has 6 atom stereocenters. The van der Waals surface area contributed by atoms with Crippen LogP contribution in [-0.4, -0.2) is 155 Å². The number of aryl methyl sites for hydroxylation is 1. The maximum absolute atomic E-state index is 14.8. The second-order valence-corrected chi connectivity index (χ2v) is 20.3. The number of ether oxygens (including phenoxy) is 3. The summed E-state index contributed by atoms with van der Waals surface area (Å²) in [5.41, 5.74) is 9.48. The molecular weight excluding hydrogens is 881 g/mol. The zero-order chi connectivity index (χ0) is 49.5. The molecule has 6 bridgehead atoms. The maximum atomic E-state index is 14.8. The van der Waals surface area contributed by atoms with Crippen molar-refractivity contribution in [3.8, 4) is 28.1 Å². The van der Waals surface area contributed by atoms with Crippen LogP contribution in [0.15, 0.2) is 54.7 Å². The number of rotatable bonds is 12. The smallest absolute Gasteiger partial charge is 0.324 e. The number of nitrogens with zero attached hydrogens (tertiary/aromatic N) is 6. The number of pyridine rings is 1. The first-order valence-electron chi connectivity index (χ1n) is 24.2. The van der Waals surface area contributed by atoms with Gasteiger partial charge in [0.1, 0.15) is 29.9 Å². The quantitative estimate of drug-likeness (QED) is 0.134. The third-order valence-corrected chi connectivity index (χ3v) is 14.2. The van der Waals surface area contributed by atoms with Gasteiger partial charge in [-0.2, -0.15) is 0 Å². The summed E-state index contributed by atoms with van der Waals surface area (Å²) < 4.78 is 19.5. The van der Waals surface area contributed by atoms with Crippen molar-refractivity contribution in [2.24, 2.45) is 11.3 Å². The Balaban J connectivity index is 1.15. The van der Waals surface area contributed by atoms with Gasteiger partial charge in [0.2, 0.25) is 17.7 Å². The summed E-state index contributed by atoms with van der Waals surface area (Å²) in [4.78, 5) is 79.9. The number of cyclic esters (lactones) is 1. The molecule has 0 spiro atoms. The number of phenols is 1. The molecule has 17 nitrogen and oxygen atoms in total. The van der Waals surface area contributed by atoms with Crippen molar-refractivity contribution >= 4 is 40.5 Å². The van der Waals surface area contributed by atoms with Gasteiger partial charge in [-0.25, -0.2) is 5.43 Å². The van der Waals surface area contributed by atoms with E-state index in [-0.39, 0.29) is 61.9 Å². The van der Waals surface area contributed by atoms with Crippen LogP contribution in [0.25, 0.3) is 33.3 Å². The molecule has 0 radical (unpaired) electrons. The van der Waals surface area contributed by atoms with Gasteiger partial charge in [-0.1, -0.05) is 39.8 Å². The maximum Gasteiger partial charge on any atom is 0.324 e. The number of carbonyl (C=O) groups is 5. The number of esters is 1. The Hall–Kier alpha value is -5.88. The van der Waals surface area contributed by atoms with E-state index in [1.165, 1.54) is 21.9 Å². The van der Waals surface area contributed by atoms with Crippen LogP contribution in [0.1, 0.15) is 77.3 Å². The molecule has 8 rings (SSSR count). The minimum absolute atomic E-state index is 0.0189. The molecule has 4 aliphatic rings. The van der Waals surface area contributed by atoms with Crippen LogP contribution in [0.3, 0.4) is 0 Å². The van der Waals surface area contributed by atoms with Gasteiger partial charge in [-0.05, 0) is 97.7 Å². The van der Waals surface area contributed by atoms with Crippen LogP contribution in [0.2, 0.25) is 0 Å². The van der Waals surface area contributed by atoms with Gasteiger partial charge in [-0.15, -0.1) is 0 Å². The highest BCUT2D eigenvalue weighted by atomic mass is 16.5. The van der Waals surface area contributed by atoms with E-state index < -0.39 is 47.2 Å². The molecule has 2 aromatic carbocycles. The van der Waals surface area contributed by atoms with Gasteiger partial charge >= 0.3 is 5.97 Å². The Bertz CT molecular complexity index is 2610. The molecule has 1 unspecified atom stereocenters. The number of amides is 4. The van der Waals surface area contributed by atoms with Gasteiger partial charge in [-0.3, -0.25) is 38.9 Å². The van der Waals surface area contributed by atoms with E-state index in [1.54, 1.807) is 32.5 Å². The molecule has 0 aliphatic carbocycles. The summed E-state index contributed by atoms with van der Waals surface area (Å²) in [6.45, 7) is 14.5. The number of nitrogens with one attached hydrogen (secondary N) is 2. The Morgan fingerprint density at radius 3 is 2.52 bits per heavy atom. The number of likely N-dealkylation sites (N-methyl/N-ethyl adjacent to an activating group) is 2. The topological polar surface area (TPSA) is 188 Å². The van der Waals surface area contributed by atoms with E-state index in [2.05, 4.69) is 59.2 Å². The fraction of sp³-hybridized carbons (Fsp3) is 0.538. The Morgan fingerprint density at radius 1 is 1.06 bits per heavy atom. The van der Waals surface area contributed by atoms with Crippen LogP contribution < -0.4 is 10.7 Å². The molecule has 3 N–H and O–H groups in total. The van der Waals surface area contributed by atoms with Crippen molar-refractivity contribution in [1.82, 2.24) is 40.0 Å². The molecule has 4 aliphatic heterocycles. The van der Waals surface area contributed by atoms with Crippen molar-refractivity contribution in [1.29, 1.82) is 0 Å². The second-order valence-electron chi connectivity index (χ2n) is 20.3. The molecule has 4 amide bonds. The van der Waals surface area contributed by atoms with Crippen molar-refractivity contribution < 1.29 is 43.3 Å². The summed E-state index contributed by atoms with van der Waals surface area (Å²) in [5, 5.41) is 16.7. The molecule has 0 saturated carbocycles. The number of hydrazine groups is 1. The van der Waals surface area contributed by atoms with Crippen LogP contribution in [0, 0.1) is 11.3 Å². The number of carbonyl (C=O) groups excluding carboxylic acids is 5. The zero-order valence-electron chi connectivity index (χ0n) is 41.4. The number of phenolic OH excluding ortho intramolecular Hbond substituents is 1. The molecule has 17 heteroatoms. The van der Waals surface area contributed by atoms with Crippen molar-refractivity contribution in [2.75, 3.05) is 60.7 Å². The van der Waals surface area contributed by atoms with Crippen LogP contribution in [0.4, 0.5) is 0 Å². The fourth-order valence-electron chi connectivity index (χ4n) is 10.2. The fourth-order valence-corrected chi connectivity index (χ4v) is 10.2. The van der Waals surface area contributed by atoms with E-state index in [4.69, 9.17) is 19.2 Å². The standard InChI is InChI=1S/C52H68N8O9/c1-10-58-42-16-15-33-23-38(42)39(47(58)37-13-11-17-53-45(37)31(4)67-9)24-52(5,6)29-69-51(66)40-14-12-18-60(55-40)49(64)41(21-32-19-34(33)22-36(61)20-32)54-48(63)46(30(2)3)57(8)44(62)26-56(7)50(65)43-25-59(43)35-27-68-28-35/h11,13,15-17,19-20,22-23,30-31,35,40-41,43,46,55,61H,10,12,14,18,21,24-29H2,1-9H3,(H,54,63)/t31-,40-,41-,43-,46-,59?/m0/s1. The molecule has 6 heterocycles. The molecule has 3 fully saturated rings. The molecule has 3 saturated heterocycles. The first-order chi connectivity index (χ1) is 32.9. The van der Waals surface area contributed by atoms with Gasteiger partial charge in [0.05, 0.1) is 49.9 Å². The molecular formula is C52H68N8O9. The van der Waals surface area contributed by atoms with Gasteiger partial charge in [0, 0.05) is 75.3 Å². The average Bonchev–Trinajstić information content (AvgIpc) is 4.02. The minimum Gasteiger partial charge on any atom is -0.508 e. The molecule has 2 aromatic heterocycles. The predicted molar refractivity (Wildman–Crippen MR) is 259 cm³/mol. The monoisotopic (exact) mass is 949 g/mol. The van der Waals surface area contributed by atoms with Crippen LogP contribution in [-0.2, 0) is 57.6 Å². The van der Waals surface area contributed by atoms with Crippen LogP contribution >= 0.6 is 0 Å². The minimum atomic E-state index is -1.18. The van der Waals surface area contributed by atoms with Gasteiger partial charge in [0.25, 0.3) is 5.91 Å². The highest BCUT2D eigenvalue weighted by Gasteiger charge is 2.48. The third kappa shape index (κ3) is 10.4. The zero-order valence-corrected chi connectivity index (χ0v) is 41.4. The van der Waals surface area contributed by atoms with Crippen molar-refractivity contribution in [2.45, 2.75) is 110 Å². The van der Waals surface area contributed by atoms with E-state index >= 15 is 0 Å². The van der Waals surface area contributed by atoms with E-state index in [0.717, 1.165) is 39.0 Å². The summed E-state index contributed by atoms with van der Waals surface area (Å²) in [6.07, 6.45) is 2.93. The van der Waals surface area contributed by atoms with Crippen molar-refractivity contribution in [3.63, 3.8) is 0 Å². The SMILES string of the molecule is CCn1c(-c2cccnc2[C@H](C)OC)c2c3cc(ccc31)-c1cc(O)cc(c1)C[C@H](NC(=O)[C@H](C(C)C)N(C)C(=O)CN(C)C(=O)[C@@H]1CN1C1COC1)C(=O)N1CCC[C@H](N1)C(=O)OCC(C)(C)C2. The number of aromatic hydroxyl groups is 1. The number of aromatic nitrogens is 2. The van der Waals surface area contributed by atoms with Gasteiger partial charge in [0.15, 0.2) is 0 Å². The average molecular weight is 949 g/mol. The molecule has 4 aromatic rings. The van der Waals surface area contributed by atoms with Crippen LogP contribution in [0.5, 0.6) is 5.75 Å². The Morgan fingerprint density at radius 2 is 1.83 bits per heavy atom. The molecule has 69 heavy (non-hydrogen) atoms. The lowest BCUT2D eigenvalue weighted by Gasteiger charge is -2.37. The normalized spacial score (nSPS) is 22.6. The van der Waals surface area contributed by atoms with E-state index in [9.17, 15) is 29.1 Å². The van der Waals surface area contributed by atoms with E-state index in [0.29, 0.717) is 56.7 Å². The lowest BCUT2D eigenvalue weighted by Crippen LogP contribution is -2.62. The predicted octanol–water partition coefficient (Wildman–Crippen LogP) is 4.48. The second kappa shape index (κ2) is 20.2.